The van der Waals surface area contributed by atoms with Crippen molar-refractivity contribution in [2.75, 3.05) is 13.1 Å². The van der Waals surface area contributed by atoms with Crippen LogP contribution in [0, 0.1) is 12.7 Å². The summed E-state index contributed by atoms with van der Waals surface area (Å²) in [6, 6.07) is 4.36. The van der Waals surface area contributed by atoms with Crippen molar-refractivity contribution in [3.63, 3.8) is 0 Å². The summed E-state index contributed by atoms with van der Waals surface area (Å²) in [6.45, 7) is 2.20. The van der Waals surface area contributed by atoms with Gasteiger partial charge in [-0.05, 0) is 25.5 Å². The van der Waals surface area contributed by atoms with E-state index in [-0.39, 0.29) is 6.54 Å². The summed E-state index contributed by atoms with van der Waals surface area (Å²) < 4.78 is 54.1. The third kappa shape index (κ3) is 5.35. The molecule has 0 aliphatic carbocycles. The number of ether oxygens (including phenoxy) is 1. The minimum absolute atomic E-state index is 0.0367. The fraction of sp³-hybridized carbons (Fsp3) is 0.500. The standard InChI is InChI=1S/C12H15F4NO/c1-8-3-4-10(5-11(8)13)18-9(2)6-17-7-12(14,15)16/h3-5,9,17H,6-7H2,1-2H3. The molecule has 0 bridgehead atoms. The van der Waals surface area contributed by atoms with Gasteiger partial charge in [-0.3, -0.25) is 0 Å². The first-order valence-corrected chi connectivity index (χ1v) is 5.48. The highest BCUT2D eigenvalue weighted by molar-refractivity contribution is 5.28. The zero-order chi connectivity index (χ0) is 13.8. The monoisotopic (exact) mass is 265 g/mol. The smallest absolute Gasteiger partial charge is 0.401 e. The molecule has 1 aromatic rings. The first-order chi connectivity index (χ1) is 8.28. The van der Waals surface area contributed by atoms with E-state index >= 15 is 0 Å². The van der Waals surface area contributed by atoms with E-state index < -0.39 is 24.6 Å². The molecule has 1 unspecified atom stereocenters. The zero-order valence-corrected chi connectivity index (χ0v) is 10.1. The van der Waals surface area contributed by atoms with Crippen LogP contribution in [-0.4, -0.2) is 25.4 Å². The third-order valence-corrected chi connectivity index (χ3v) is 2.24. The SMILES string of the molecule is Cc1ccc(OC(C)CNCC(F)(F)F)cc1F. The lowest BCUT2D eigenvalue weighted by Gasteiger charge is -2.16. The lowest BCUT2D eigenvalue weighted by Crippen LogP contribution is -2.35. The summed E-state index contributed by atoms with van der Waals surface area (Å²) in [5.74, 6) is -0.0950. The van der Waals surface area contributed by atoms with E-state index in [2.05, 4.69) is 5.32 Å². The van der Waals surface area contributed by atoms with Gasteiger partial charge in [-0.15, -0.1) is 0 Å². The lowest BCUT2D eigenvalue weighted by atomic mass is 10.2. The van der Waals surface area contributed by atoms with Gasteiger partial charge in [0.25, 0.3) is 0 Å². The van der Waals surface area contributed by atoms with Gasteiger partial charge in [-0.2, -0.15) is 13.2 Å². The van der Waals surface area contributed by atoms with Gasteiger partial charge in [0.2, 0.25) is 0 Å². The molecular weight excluding hydrogens is 250 g/mol. The van der Waals surface area contributed by atoms with Gasteiger partial charge >= 0.3 is 6.18 Å². The van der Waals surface area contributed by atoms with Crippen LogP contribution in [0.2, 0.25) is 0 Å². The van der Waals surface area contributed by atoms with Crippen molar-refractivity contribution in [1.82, 2.24) is 5.32 Å². The minimum Gasteiger partial charge on any atom is -0.489 e. The van der Waals surface area contributed by atoms with E-state index in [9.17, 15) is 17.6 Å². The summed E-state index contributed by atoms with van der Waals surface area (Å²) in [4.78, 5) is 0. The van der Waals surface area contributed by atoms with Crippen molar-refractivity contribution in [1.29, 1.82) is 0 Å². The Morgan fingerprint density at radius 2 is 2.00 bits per heavy atom. The van der Waals surface area contributed by atoms with E-state index in [0.29, 0.717) is 11.3 Å². The van der Waals surface area contributed by atoms with Crippen LogP contribution >= 0.6 is 0 Å². The van der Waals surface area contributed by atoms with E-state index in [1.807, 2.05) is 0 Å². The number of nitrogens with one attached hydrogen (secondary N) is 1. The molecule has 0 saturated heterocycles. The molecule has 6 heteroatoms. The predicted molar refractivity (Wildman–Crippen MR) is 60.2 cm³/mol. The number of rotatable bonds is 5. The Kier molecular flexibility index (Phi) is 4.95. The lowest BCUT2D eigenvalue weighted by molar-refractivity contribution is -0.125. The Hall–Kier alpha value is -1.30. The predicted octanol–water partition coefficient (Wildman–Crippen LogP) is 3.05. The van der Waals surface area contributed by atoms with Crippen LogP contribution < -0.4 is 10.1 Å². The molecular formula is C12H15F4NO. The number of benzene rings is 1. The molecule has 0 radical (unpaired) electrons. The summed E-state index contributed by atoms with van der Waals surface area (Å²) >= 11 is 0. The van der Waals surface area contributed by atoms with Crippen LogP contribution in [0.4, 0.5) is 17.6 Å². The molecule has 0 amide bonds. The molecule has 0 aliphatic heterocycles. The van der Waals surface area contributed by atoms with Crippen molar-refractivity contribution in [2.45, 2.75) is 26.1 Å². The zero-order valence-electron chi connectivity index (χ0n) is 10.1. The number of alkyl halides is 3. The fourth-order valence-corrected chi connectivity index (χ4v) is 1.34. The maximum atomic E-state index is 13.2. The van der Waals surface area contributed by atoms with Crippen molar-refractivity contribution in [2.24, 2.45) is 0 Å². The van der Waals surface area contributed by atoms with Gasteiger partial charge in [0.1, 0.15) is 17.7 Å². The van der Waals surface area contributed by atoms with Crippen LogP contribution in [0.3, 0.4) is 0 Å². The Balaban J connectivity index is 2.40. The number of aryl methyl sites for hydroxylation is 1. The molecule has 1 N–H and O–H groups in total. The van der Waals surface area contributed by atoms with E-state index in [1.165, 1.54) is 6.07 Å². The van der Waals surface area contributed by atoms with Crippen LogP contribution in [0.1, 0.15) is 12.5 Å². The highest BCUT2D eigenvalue weighted by atomic mass is 19.4. The van der Waals surface area contributed by atoms with E-state index in [4.69, 9.17) is 4.74 Å². The van der Waals surface area contributed by atoms with Gasteiger partial charge in [0.15, 0.2) is 0 Å². The number of halogens is 4. The Morgan fingerprint density at radius 3 is 2.56 bits per heavy atom. The van der Waals surface area contributed by atoms with Crippen molar-refractivity contribution >= 4 is 0 Å². The van der Waals surface area contributed by atoms with E-state index in [1.54, 1.807) is 26.0 Å². The number of hydrogen-bond donors (Lipinski definition) is 1. The average Bonchev–Trinajstić information content (AvgIpc) is 2.21. The molecule has 0 spiro atoms. The largest absolute Gasteiger partial charge is 0.489 e. The molecule has 0 saturated carbocycles. The molecule has 1 atom stereocenters. The van der Waals surface area contributed by atoms with Crippen LogP contribution in [0.25, 0.3) is 0 Å². The van der Waals surface area contributed by atoms with Crippen LogP contribution in [0.5, 0.6) is 5.75 Å². The highest BCUT2D eigenvalue weighted by Crippen LogP contribution is 2.17. The summed E-state index contributed by atoms with van der Waals surface area (Å²) in [6.07, 6.45) is -4.72. The minimum atomic E-state index is -4.24. The Bertz CT molecular complexity index is 392. The summed E-state index contributed by atoms with van der Waals surface area (Å²) in [5.41, 5.74) is 0.491. The fourth-order valence-electron chi connectivity index (χ4n) is 1.34. The summed E-state index contributed by atoms with van der Waals surface area (Å²) in [7, 11) is 0. The molecule has 18 heavy (non-hydrogen) atoms. The second kappa shape index (κ2) is 6.04. The van der Waals surface area contributed by atoms with Gasteiger partial charge < -0.3 is 10.1 Å². The molecule has 0 heterocycles. The molecule has 2 nitrogen and oxygen atoms in total. The first kappa shape index (κ1) is 14.8. The van der Waals surface area contributed by atoms with E-state index in [0.717, 1.165) is 0 Å². The van der Waals surface area contributed by atoms with Crippen molar-refractivity contribution in [3.8, 4) is 5.75 Å². The molecule has 0 fully saturated rings. The topological polar surface area (TPSA) is 21.3 Å². The normalized spacial score (nSPS) is 13.4. The van der Waals surface area contributed by atoms with Gasteiger partial charge in [0, 0.05) is 12.6 Å². The van der Waals surface area contributed by atoms with Gasteiger partial charge in [-0.1, -0.05) is 6.07 Å². The molecule has 0 aliphatic rings. The summed E-state index contributed by atoms with van der Waals surface area (Å²) in [5, 5.41) is 2.23. The van der Waals surface area contributed by atoms with Crippen LogP contribution in [-0.2, 0) is 0 Å². The maximum absolute atomic E-state index is 13.2. The highest BCUT2D eigenvalue weighted by Gasteiger charge is 2.26. The van der Waals surface area contributed by atoms with Gasteiger partial charge in [0.05, 0.1) is 6.54 Å². The molecule has 1 aromatic carbocycles. The number of hydrogen-bond acceptors (Lipinski definition) is 2. The Morgan fingerprint density at radius 1 is 1.33 bits per heavy atom. The van der Waals surface area contributed by atoms with Crippen LogP contribution in [0.15, 0.2) is 18.2 Å². The first-order valence-electron chi connectivity index (χ1n) is 5.48. The maximum Gasteiger partial charge on any atom is 0.401 e. The van der Waals surface area contributed by atoms with Crippen molar-refractivity contribution < 1.29 is 22.3 Å². The average molecular weight is 265 g/mol. The van der Waals surface area contributed by atoms with Gasteiger partial charge in [-0.25, -0.2) is 4.39 Å². The molecule has 102 valence electrons. The Labute approximate surface area is 103 Å². The second-order valence-corrected chi connectivity index (χ2v) is 4.09. The quantitative estimate of drug-likeness (QED) is 0.826. The molecule has 0 aromatic heterocycles. The second-order valence-electron chi connectivity index (χ2n) is 4.09. The molecule has 1 rings (SSSR count). The van der Waals surface area contributed by atoms with Crippen molar-refractivity contribution in [3.05, 3.63) is 29.6 Å². The third-order valence-electron chi connectivity index (χ3n) is 2.24.